The summed E-state index contributed by atoms with van der Waals surface area (Å²) < 4.78 is 10.9. The number of carboxylic acid groups (broad SMARTS) is 1. The third-order valence-electron chi connectivity index (χ3n) is 3.66. The van der Waals surface area contributed by atoms with Gasteiger partial charge in [-0.1, -0.05) is 6.07 Å². The molecule has 0 aliphatic carbocycles. The molecule has 1 aliphatic rings. The lowest BCUT2D eigenvalue weighted by atomic mass is 9.83. The van der Waals surface area contributed by atoms with Crippen LogP contribution >= 0.6 is 22.6 Å². The zero-order valence-electron chi connectivity index (χ0n) is 13.5. The van der Waals surface area contributed by atoms with Gasteiger partial charge in [-0.3, -0.25) is 0 Å². The molecule has 1 unspecified atom stereocenters. The highest BCUT2D eigenvalue weighted by Crippen LogP contribution is 2.40. The number of nitriles is 1. The van der Waals surface area contributed by atoms with Crippen molar-refractivity contribution >= 4 is 34.5 Å². The third kappa shape index (κ3) is 3.61. The van der Waals surface area contributed by atoms with E-state index in [1.807, 2.05) is 28.7 Å². The van der Waals surface area contributed by atoms with Gasteiger partial charge in [-0.25, -0.2) is 9.59 Å². The van der Waals surface area contributed by atoms with Gasteiger partial charge < -0.3 is 20.3 Å². The third-order valence-corrected chi connectivity index (χ3v) is 4.55. The Morgan fingerprint density at radius 3 is 2.68 bits per heavy atom. The van der Waals surface area contributed by atoms with E-state index in [9.17, 15) is 14.9 Å². The molecule has 1 aliphatic heterocycles. The van der Waals surface area contributed by atoms with Crippen molar-refractivity contribution in [3.8, 4) is 6.07 Å². The van der Waals surface area contributed by atoms with Gasteiger partial charge in [0.2, 0.25) is 5.88 Å². The molecule has 1 heterocycles. The van der Waals surface area contributed by atoms with Gasteiger partial charge in [0.25, 0.3) is 0 Å². The van der Waals surface area contributed by atoms with Crippen molar-refractivity contribution in [2.24, 2.45) is 5.73 Å². The summed E-state index contributed by atoms with van der Waals surface area (Å²) in [5.41, 5.74) is 6.75. The molecule has 0 fully saturated rings. The summed E-state index contributed by atoms with van der Waals surface area (Å²) in [5.74, 6) is -2.29. The van der Waals surface area contributed by atoms with E-state index in [1.54, 1.807) is 26.0 Å². The number of hydrogen-bond acceptors (Lipinski definition) is 6. The number of carbonyl (C=O) groups excluding carboxylic acids is 1. The Hall–Kier alpha value is -2.54. The first-order valence-electron chi connectivity index (χ1n) is 7.30. The number of ether oxygens (including phenoxy) is 2. The smallest absolute Gasteiger partial charge is 0.338 e. The normalized spacial score (nSPS) is 17.0. The van der Waals surface area contributed by atoms with Gasteiger partial charge in [0.1, 0.15) is 17.4 Å². The molecule has 3 N–H and O–H groups in total. The van der Waals surface area contributed by atoms with Crippen molar-refractivity contribution in [1.29, 1.82) is 5.26 Å². The quantitative estimate of drug-likeness (QED) is 0.530. The van der Waals surface area contributed by atoms with Crippen LogP contribution in [0, 0.1) is 14.9 Å². The zero-order valence-corrected chi connectivity index (χ0v) is 15.7. The summed E-state index contributed by atoms with van der Waals surface area (Å²) in [4.78, 5) is 23.6. The van der Waals surface area contributed by atoms with Crippen molar-refractivity contribution in [2.45, 2.75) is 19.8 Å². The topological polar surface area (TPSA) is 123 Å². The second-order valence-electron chi connectivity index (χ2n) is 5.16. The number of carboxylic acids is 1. The van der Waals surface area contributed by atoms with Gasteiger partial charge in [-0.15, -0.1) is 0 Å². The van der Waals surface area contributed by atoms with Gasteiger partial charge in [0.05, 0.1) is 23.7 Å². The van der Waals surface area contributed by atoms with E-state index in [4.69, 9.17) is 20.3 Å². The Kier molecular flexibility index (Phi) is 5.69. The number of esters is 1. The van der Waals surface area contributed by atoms with Crippen molar-refractivity contribution in [3.05, 3.63) is 55.7 Å². The maximum atomic E-state index is 12.4. The fourth-order valence-corrected chi connectivity index (χ4v) is 3.34. The first-order chi connectivity index (χ1) is 11.8. The molecule has 0 radical (unpaired) electrons. The highest BCUT2D eigenvalue weighted by molar-refractivity contribution is 14.1. The van der Waals surface area contributed by atoms with Gasteiger partial charge >= 0.3 is 11.9 Å². The Morgan fingerprint density at radius 2 is 2.16 bits per heavy atom. The summed E-state index contributed by atoms with van der Waals surface area (Å²) >= 11 is 1.89. The number of allylic oxidation sites excluding steroid dienone is 2. The lowest BCUT2D eigenvalue weighted by Crippen LogP contribution is -2.25. The number of carbonyl (C=O) groups is 2. The monoisotopic (exact) mass is 454 g/mol. The lowest BCUT2D eigenvalue weighted by Gasteiger charge is -2.27. The average Bonchev–Trinajstić information content (AvgIpc) is 2.53. The summed E-state index contributed by atoms with van der Waals surface area (Å²) in [6.45, 7) is 3.40. The molecule has 130 valence electrons. The molecule has 1 aromatic rings. The molecule has 0 saturated heterocycles. The maximum absolute atomic E-state index is 12.4. The largest absolute Gasteiger partial charge is 0.478 e. The van der Waals surface area contributed by atoms with Crippen molar-refractivity contribution < 1.29 is 24.2 Å². The molecule has 8 heteroatoms. The maximum Gasteiger partial charge on any atom is 0.338 e. The molecule has 7 nitrogen and oxygen atoms in total. The summed E-state index contributed by atoms with van der Waals surface area (Å²) in [7, 11) is 0. The van der Waals surface area contributed by atoms with Crippen LogP contribution in [0.1, 0.15) is 35.7 Å². The van der Waals surface area contributed by atoms with Crippen LogP contribution in [0.3, 0.4) is 0 Å². The molecule has 1 aromatic carbocycles. The SMILES string of the molecule is CCOC(=O)C1=C(C)OC(N)=C(C#N)C1c1ccc(C(=O)O)c(I)c1. The van der Waals surface area contributed by atoms with E-state index in [0.29, 0.717) is 9.13 Å². The molecule has 0 amide bonds. The highest BCUT2D eigenvalue weighted by atomic mass is 127. The second-order valence-corrected chi connectivity index (χ2v) is 6.32. The minimum atomic E-state index is -1.06. The van der Waals surface area contributed by atoms with Gasteiger partial charge in [-0.05, 0) is 54.1 Å². The van der Waals surface area contributed by atoms with Crippen LogP contribution in [0.4, 0.5) is 0 Å². The van der Waals surface area contributed by atoms with Crippen LogP contribution in [0.25, 0.3) is 0 Å². The molecule has 0 spiro atoms. The zero-order chi connectivity index (χ0) is 18.7. The Morgan fingerprint density at radius 1 is 1.48 bits per heavy atom. The summed E-state index contributed by atoms with van der Waals surface area (Å²) in [6, 6.07) is 6.57. The standard InChI is InChI=1S/C17H15IN2O5/c1-3-24-17(23)13-8(2)25-15(20)11(7-19)14(13)9-4-5-10(16(21)22)12(18)6-9/h4-6,14H,3,20H2,1-2H3,(H,21,22). The van der Waals surface area contributed by atoms with Crippen LogP contribution in [0.2, 0.25) is 0 Å². The number of rotatable bonds is 4. The lowest BCUT2D eigenvalue weighted by molar-refractivity contribution is -0.139. The van der Waals surface area contributed by atoms with Gasteiger partial charge in [-0.2, -0.15) is 5.26 Å². The number of halogens is 1. The number of nitrogens with two attached hydrogens (primary N) is 1. The molecule has 25 heavy (non-hydrogen) atoms. The molecular formula is C17H15IN2O5. The molecule has 0 saturated carbocycles. The van der Waals surface area contributed by atoms with E-state index in [1.165, 1.54) is 6.07 Å². The predicted molar refractivity (Wildman–Crippen MR) is 96.1 cm³/mol. The Bertz CT molecular complexity index is 851. The predicted octanol–water partition coefficient (Wildman–Crippen LogP) is 2.63. The van der Waals surface area contributed by atoms with Crippen LogP contribution in [0.15, 0.2) is 41.0 Å². The van der Waals surface area contributed by atoms with E-state index >= 15 is 0 Å². The van der Waals surface area contributed by atoms with Gasteiger partial charge in [0.15, 0.2) is 0 Å². The Balaban J connectivity index is 2.64. The molecule has 0 aromatic heterocycles. The van der Waals surface area contributed by atoms with Crippen LogP contribution < -0.4 is 5.73 Å². The first-order valence-corrected chi connectivity index (χ1v) is 8.37. The minimum absolute atomic E-state index is 0.0764. The van der Waals surface area contributed by atoms with Crippen molar-refractivity contribution in [2.75, 3.05) is 6.61 Å². The van der Waals surface area contributed by atoms with Crippen LogP contribution in [-0.4, -0.2) is 23.7 Å². The highest BCUT2D eigenvalue weighted by Gasteiger charge is 2.36. The number of nitrogens with zero attached hydrogens (tertiary/aromatic N) is 1. The summed E-state index contributed by atoms with van der Waals surface area (Å²) in [6.07, 6.45) is 0. The number of hydrogen-bond donors (Lipinski definition) is 2. The first kappa shape index (κ1) is 18.8. The van der Waals surface area contributed by atoms with Gasteiger partial charge in [0, 0.05) is 3.57 Å². The Labute approximate surface area is 157 Å². The van der Waals surface area contributed by atoms with Crippen molar-refractivity contribution in [1.82, 2.24) is 0 Å². The van der Waals surface area contributed by atoms with E-state index in [0.717, 1.165) is 0 Å². The average molecular weight is 454 g/mol. The number of aromatic carboxylic acids is 1. The van der Waals surface area contributed by atoms with E-state index < -0.39 is 17.9 Å². The fraction of sp³-hybridized carbons (Fsp3) is 0.235. The minimum Gasteiger partial charge on any atom is -0.478 e. The van der Waals surface area contributed by atoms with E-state index in [2.05, 4.69) is 0 Å². The van der Waals surface area contributed by atoms with Crippen LogP contribution in [0.5, 0.6) is 0 Å². The molecule has 2 rings (SSSR count). The second kappa shape index (κ2) is 7.57. The fourth-order valence-electron chi connectivity index (χ4n) is 2.57. The van der Waals surface area contributed by atoms with Crippen molar-refractivity contribution in [3.63, 3.8) is 0 Å². The molecular weight excluding hydrogens is 439 g/mol. The molecule has 1 atom stereocenters. The van der Waals surface area contributed by atoms with E-state index in [-0.39, 0.29) is 35.0 Å². The summed E-state index contributed by atoms with van der Waals surface area (Å²) in [5, 5.41) is 18.7. The van der Waals surface area contributed by atoms with Crippen LogP contribution in [-0.2, 0) is 14.3 Å². The number of benzene rings is 1. The molecule has 0 bridgehead atoms.